The molecule has 2 aromatic rings. The third-order valence-corrected chi connectivity index (χ3v) is 2.82. The van der Waals surface area contributed by atoms with E-state index in [2.05, 4.69) is 27.1 Å². The first kappa shape index (κ1) is 10.9. The van der Waals surface area contributed by atoms with Gasteiger partial charge in [-0.05, 0) is 12.1 Å². The summed E-state index contributed by atoms with van der Waals surface area (Å²) in [5.41, 5.74) is 2.89. The van der Waals surface area contributed by atoms with Crippen molar-refractivity contribution in [3.05, 3.63) is 40.5 Å². The maximum Gasteiger partial charge on any atom is 0.0965 e. The number of benzene rings is 1. The largest absolute Gasteiger partial charge is 0.275 e. The van der Waals surface area contributed by atoms with Gasteiger partial charge < -0.3 is 0 Å². The van der Waals surface area contributed by atoms with E-state index in [9.17, 15) is 0 Å². The first-order valence-corrected chi connectivity index (χ1v) is 5.65. The maximum atomic E-state index is 8.75. The number of nitrogens with zero attached hydrogens (tertiary/aromatic N) is 3. The molecule has 0 aliphatic rings. The smallest absolute Gasteiger partial charge is 0.0965 e. The summed E-state index contributed by atoms with van der Waals surface area (Å²) in [6.07, 6.45) is 2.28. The third kappa shape index (κ3) is 2.15. The fraction of sp³-hybridized carbons (Fsp3) is 0.167. The van der Waals surface area contributed by atoms with E-state index in [0.717, 1.165) is 21.3 Å². The lowest BCUT2D eigenvalue weighted by molar-refractivity contribution is 0.770. The van der Waals surface area contributed by atoms with Crippen LogP contribution in [-0.4, -0.2) is 9.78 Å². The highest BCUT2D eigenvalue weighted by Gasteiger charge is 2.09. The maximum absolute atomic E-state index is 8.75. The van der Waals surface area contributed by atoms with Gasteiger partial charge in [-0.1, -0.05) is 28.1 Å². The SMILES string of the molecule is Cn1cc(CC#N)c(-c2ccc(Br)cc2)n1. The van der Waals surface area contributed by atoms with Crippen LogP contribution < -0.4 is 0 Å². The zero-order chi connectivity index (χ0) is 11.5. The van der Waals surface area contributed by atoms with Crippen molar-refractivity contribution in [1.82, 2.24) is 9.78 Å². The van der Waals surface area contributed by atoms with Crippen molar-refractivity contribution in [3.63, 3.8) is 0 Å². The van der Waals surface area contributed by atoms with Crippen LogP contribution in [0, 0.1) is 11.3 Å². The molecule has 0 saturated carbocycles. The van der Waals surface area contributed by atoms with Crippen LogP contribution in [-0.2, 0) is 13.5 Å². The van der Waals surface area contributed by atoms with Gasteiger partial charge in [-0.2, -0.15) is 10.4 Å². The molecule has 4 heteroatoms. The highest BCUT2D eigenvalue weighted by atomic mass is 79.9. The van der Waals surface area contributed by atoms with E-state index in [0.29, 0.717) is 6.42 Å². The molecule has 0 fully saturated rings. The molecular weight excluding hydrogens is 266 g/mol. The standard InChI is InChI=1S/C12H10BrN3/c1-16-8-10(6-7-14)12(15-16)9-2-4-11(13)5-3-9/h2-5,8H,6H2,1H3. The Hall–Kier alpha value is -1.60. The Bertz CT molecular complexity index is 534. The van der Waals surface area contributed by atoms with Crippen molar-refractivity contribution in [1.29, 1.82) is 5.26 Å². The van der Waals surface area contributed by atoms with E-state index >= 15 is 0 Å². The average Bonchev–Trinajstić information content (AvgIpc) is 2.61. The molecule has 0 aliphatic carbocycles. The minimum absolute atomic E-state index is 0.388. The fourth-order valence-electron chi connectivity index (χ4n) is 1.60. The van der Waals surface area contributed by atoms with Crippen molar-refractivity contribution >= 4 is 15.9 Å². The molecule has 0 N–H and O–H groups in total. The topological polar surface area (TPSA) is 41.6 Å². The Morgan fingerprint density at radius 1 is 1.38 bits per heavy atom. The molecule has 0 bridgehead atoms. The first-order valence-electron chi connectivity index (χ1n) is 4.86. The zero-order valence-corrected chi connectivity index (χ0v) is 10.4. The van der Waals surface area contributed by atoms with E-state index in [-0.39, 0.29) is 0 Å². The molecule has 0 aliphatic heterocycles. The Kier molecular flexibility index (Phi) is 3.07. The predicted molar refractivity (Wildman–Crippen MR) is 65.7 cm³/mol. The number of halogens is 1. The number of hydrogen-bond acceptors (Lipinski definition) is 2. The summed E-state index contributed by atoms with van der Waals surface area (Å²) in [7, 11) is 1.86. The molecule has 80 valence electrons. The van der Waals surface area contributed by atoms with Crippen molar-refractivity contribution in [3.8, 4) is 17.3 Å². The van der Waals surface area contributed by atoms with Gasteiger partial charge in [0, 0.05) is 28.8 Å². The molecule has 1 heterocycles. The van der Waals surface area contributed by atoms with Crippen molar-refractivity contribution in [2.45, 2.75) is 6.42 Å². The average molecular weight is 276 g/mol. The summed E-state index contributed by atoms with van der Waals surface area (Å²) in [5, 5.41) is 13.1. The molecule has 0 saturated heterocycles. The van der Waals surface area contributed by atoms with Crippen molar-refractivity contribution < 1.29 is 0 Å². The van der Waals surface area contributed by atoms with E-state index in [1.54, 1.807) is 4.68 Å². The highest BCUT2D eigenvalue weighted by Crippen LogP contribution is 2.23. The van der Waals surface area contributed by atoms with Gasteiger partial charge in [-0.25, -0.2) is 0 Å². The lowest BCUT2D eigenvalue weighted by atomic mass is 10.1. The van der Waals surface area contributed by atoms with Gasteiger partial charge in [-0.15, -0.1) is 0 Å². The fourth-order valence-corrected chi connectivity index (χ4v) is 1.87. The van der Waals surface area contributed by atoms with E-state index in [1.807, 2.05) is 37.5 Å². The number of hydrogen-bond donors (Lipinski definition) is 0. The summed E-state index contributed by atoms with van der Waals surface area (Å²) < 4.78 is 2.78. The Morgan fingerprint density at radius 2 is 2.06 bits per heavy atom. The summed E-state index contributed by atoms with van der Waals surface area (Å²) in [6.45, 7) is 0. The normalized spacial score (nSPS) is 10.1. The van der Waals surface area contributed by atoms with Gasteiger partial charge in [0.15, 0.2) is 0 Å². The Labute approximate surface area is 102 Å². The summed E-state index contributed by atoms with van der Waals surface area (Å²) in [5.74, 6) is 0. The molecular formula is C12H10BrN3. The third-order valence-electron chi connectivity index (χ3n) is 2.29. The molecule has 0 amide bonds. The monoisotopic (exact) mass is 275 g/mol. The van der Waals surface area contributed by atoms with Gasteiger partial charge >= 0.3 is 0 Å². The van der Waals surface area contributed by atoms with Crippen LogP contribution >= 0.6 is 15.9 Å². The Morgan fingerprint density at radius 3 is 2.69 bits per heavy atom. The second-order valence-electron chi connectivity index (χ2n) is 3.52. The lowest BCUT2D eigenvalue weighted by Crippen LogP contribution is -1.87. The van der Waals surface area contributed by atoms with Crippen molar-refractivity contribution in [2.75, 3.05) is 0 Å². The summed E-state index contributed by atoms with van der Waals surface area (Å²) in [4.78, 5) is 0. The number of rotatable bonds is 2. The van der Waals surface area contributed by atoms with Crippen LogP contribution in [0.5, 0.6) is 0 Å². The van der Waals surface area contributed by atoms with Gasteiger partial charge in [0.1, 0.15) is 0 Å². The van der Waals surface area contributed by atoms with E-state index in [4.69, 9.17) is 5.26 Å². The highest BCUT2D eigenvalue weighted by molar-refractivity contribution is 9.10. The molecule has 1 aromatic heterocycles. The van der Waals surface area contributed by atoms with Crippen molar-refractivity contribution in [2.24, 2.45) is 7.05 Å². The summed E-state index contributed by atoms with van der Waals surface area (Å²) >= 11 is 3.39. The number of aromatic nitrogens is 2. The minimum atomic E-state index is 0.388. The minimum Gasteiger partial charge on any atom is -0.275 e. The number of nitriles is 1. The second-order valence-corrected chi connectivity index (χ2v) is 4.43. The van der Waals surface area contributed by atoms with Gasteiger partial charge in [0.05, 0.1) is 18.2 Å². The van der Waals surface area contributed by atoms with Crippen LogP contribution in [0.25, 0.3) is 11.3 Å². The van der Waals surface area contributed by atoms with Crippen LogP contribution in [0.15, 0.2) is 34.9 Å². The molecule has 3 nitrogen and oxygen atoms in total. The Balaban J connectivity index is 2.47. The van der Waals surface area contributed by atoms with Crippen LogP contribution in [0.3, 0.4) is 0 Å². The molecule has 0 atom stereocenters. The van der Waals surface area contributed by atoms with Gasteiger partial charge in [-0.3, -0.25) is 4.68 Å². The van der Waals surface area contributed by atoms with Gasteiger partial charge in [0.25, 0.3) is 0 Å². The predicted octanol–water partition coefficient (Wildman–Crippen LogP) is 2.92. The van der Waals surface area contributed by atoms with Crippen LogP contribution in [0.4, 0.5) is 0 Å². The van der Waals surface area contributed by atoms with Crippen LogP contribution in [0.1, 0.15) is 5.56 Å². The van der Waals surface area contributed by atoms with Gasteiger partial charge in [0.2, 0.25) is 0 Å². The molecule has 0 radical (unpaired) electrons. The van der Waals surface area contributed by atoms with Crippen LogP contribution in [0.2, 0.25) is 0 Å². The molecule has 1 aromatic carbocycles. The number of aryl methyl sites for hydroxylation is 1. The lowest BCUT2D eigenvalue weighted by Gasteiger charge is -1.99. The molecule has 2 rings (SSSR count). The molecule has 0 spiro atoms. The molecule has 0 unspecified atom stereocenters. The van der Waals surface area contributed by atoms with E-state index < -0.39 is 0 Å². The van der Waals surface area contributed by atoms with E-state index in [1.165, 1.54) is 0 Å². The first-order chi connectivity index (χ1) is 7.70. The quantitative estimate of drug-likeness (QED) is 0.846. The zero-order valence-electron chi connectivity index (χ0n) is 8.81. The second kappa shape index (κ2) is 4.50. The summed E-state index contributed by atoms with van der Waals surface area (Å²) in [6, 6.07) is 10.1. The molecule has 16 heavy (non-hydrogen) atoms.